The number of nitrogens with one attached hydrogen (secondary N) is 2. The van der Waals surface area contributed by atoms with Crippen LogP contribution < -0.4 is 20.1 Å². The summed E-state index contributed by atoms with van der Waals surface area (Å²) in [6.45, 7) is 5.06. The van der Waals surface area contributed by atoms with Gasteiger partial charge in [0.1, 0.15) is 11.5 Å². The first-order valence-corrected chi connectivity index (χ1v) is 8.32. The number of aliphatic imine (C=N–C) groups is 1. The number of guanidine groups is 1. The Balaban J connectivity index is 2.54. The van der Waals surface area contributed by atoms with E-state index >= 15 is 0 Å². The second kappa shape index (κ2) is 10.8. The molecule has 0 radical (unpaired) electrons. The van der Waals surface area contributed by atoms with Crippen molar-refractivity contribution in [2.24, 2.45) is 4.99 Å². The van der Waals surface area contributed by atoms with E-state index in [1.54, 1.807) is 21.3 Å². The van der Waals surface area contributed by atoms with Crippen molar-refractivity contribution in [2.45, 2.75) is 52.1 Å². The van der Waals surface area contributed by atoms with Crippen molar-refractivity contribution in [1.82, 2.24) is 10.6 Å². The molecule has 1 unspecified atom stereocenters. The van der Waals surface area contributed by atoms with Crippen LogP contribution in [0.15, 0.2) is 23.2 Å². The fraction of sp³-hybridized carbons (Fsp3) is 0.611. The number of methoxy groups -OCH3 is 2. The van der Waals surface area contributed by atoms with E-state index in [4.69, 9.17) is 9.47 Å². The topological polar surface area (TPSA) is 54.9 Å². The van der Waals surface area contributed by atoms with Gasteiger partial charge in [-0.15, -0.1) is 0 Å². The van der Waals surface area contributed by atoms with Crippen LogP contribution >= 0.6 is 0 Å². The summed E-state index contributed by atoms with van der Waals surface area (Å²) in [5.41, 5.74) is 1.06. The summed E-state index contributed by atoms with van der Waals surface area (Å²) in [5.74, 6) is 2.41. The first-order chi connectivity index (χ1) is 11.1. The summed E-state index contributed by atoms with van der Waals surface area (Å²) in [6, 6.07) is 6.23. The second-order valence-corrected chi connectivity index (χ2v) is 5.64. The number of rotatable bonds is 9. The highest BCUT2D eigenvalue weighted by atomic mass is 16.5. The van der Waals surface area contributed by atoms with Gasteiger partial charge in [0.2, 0.25) is 0 Å². The monoisotopic (exact) mass is 321 g/mol. The Morgan fingerprint density at radius 2 is 2.00 bits per heavy atom. The fourth-order valence-electron chi connectivity index (χ4n) is 2.38. The number of hydrogen-bond donors (Lipinski definition) is 2. The molecule has 0 fully saturated rings. The van der Waals surface area contributed by atoms with E-state index in [1.807, 2.05) is 18.2 Å². The van der Waals surface area contributed by atoms with Crippen molar-refractivity contribution in [3.63, 3.8) is 0 Å². The number of benzene rings is 1. The Hall–Kier alpha value is -1.91. The third kappa shape index (κ3) is 6.80. The number of nitrogens with zero attached hydrogens (tertiary/aromatic N) is 1. The van der Waals surface area contributed by atoms with Crippen LogP contribution in [0, 0.1) is 0 Å². The third-order valence-electron chi connectivity index (χ3n) is 3.79. The number of hydrogen-bond acceptors (Lipinski definition) is 3. The summed E-state index contributed by atoms with van der Waals surface area (Å²) in [4.78, 5) is 4.29. The van der Waals surface area contributed by atoms with Gasteiger partial charge in [0.15, 0.2) is 5.96 Å². The lowest BCUT2D eigenvalue weighted by atomic mass is 10.1. The summed E-state index contributed by atoms with van der Waals surface area (Å²) < 4.78 is 10.6. The minimum absolute atomic E-state index is 0.408. The van der Waals surface area contributed by atoms with Crippen LogP contribution in [0.1, 0.15) is 45.1 Å². The normalized spacial score (nSPS) is 12.7. The van der Waals surface area contributed by atoms with Gasteiger partial charge in [-0.2, -0.15) is 0 Å². The van der Waals surface area contributed by atoms with E-state index in [2.05, 4.69) is 29.5 Å². The molecule has 0 amide bonds. The van der Waals surface area contributed by atoms with Gasteiger partial charge >= 0.3 is 0 Å². The maximum absolute atomic E-state index is 5.42. The highest BCUT2D eigenvalue weighted by molar-refractivity contribution is 5.80. The molecule has 0 bridgehead atoms. The molecule has 23 heavy (non-hydrogen) atoms. The van der Waals surface area contributed by atoms with E-state index in [1.165, 1.54) is 19.3 Å². The molecular formula is C18H31N3O2. The van der Waals surface area contributed by atoms with E-state index in [-0.39, 0.29) is 0 Å². The SMILES string of the molecule is CCCCCC(C)NC(=NC)NCc1ccc(OC)cc1OC. The van der Waals surface area contributed by atoms with Crippen molar-refractivity contribution >= 4 is 5.96 Å². The predicted octanol–water partition coefficient (Wildman–Crippen LogP) is 3.34. The first-order valence-electron chi connectivity index (χ1n) is 8.32. The summed E-state index contributed by atoms with van der Waals surface area (Å²) in [6.07, 6.45) is 4.92. The van der Waals surface area contributed by atoms with Gasteiger partial charge in [-0.25, -0.2) is 0 Å². The zero-order chi connectivity index (χ0) is 17.1. The lowest BCUT2D eigenvalue weighted by Gasteiger charge is -2.18. The fourth-order valence-corrected chi connectivity index (χ4v) is 2.38. The highest BCUT2D eigenvalue weighted by Gasteiger charge is 2.08. The van der Waals surface area contributed by atoms with Crippen molar-refractivity contribution in [2.75, 3.05) is 21.3 Å². The predicted molar refractivity (Wildman–Crippen MR) is 96.5 cm³/mol. The van der Waals surface area contributed by atoms with Crippen LogP contribution in [0.2, 0.25) is 0 Å². The minimum Gasteiger partial charge on any atom is -0.497 e. The second-order valence-electron chi connectivity index (χ2n) is 5.64. The molecule has 0 aliphatic rings. The van der Waals surface area contributed by atoms with Crippen LogP contribution in [0.25, 0.3) is 0 Å². The molecule has 1 aromatic carbocycles. The smallest absolute Gasteiger partial charge is 0.191 e. The third-order valence-corrected chi connectivity index (χ3v) is 3.79. The van der Waals surface area contributed by atoms with Crippen molar-refractivity contribution in [3.8, 4) is 11.5 Å². The summed E-state index contributed by atoms with van der Waals surface area (Å²) in [5, 5.41) is 6.77. The molecule has 0 aromatic heterocycles. The standard InChI is InChI=1S/C18H31N3O2/c1-6-7-8-9-14(2)21-18(19-3)20-13-15-10-11-16(22-4)12-17(15)23-5/h10-12,14H,6-9,13H2,1-5H3,(H2,19,20,21). The molecule has 130 valence electrons. The number of unbranched alkanes of at least 4 members (excludes halogenated alkanes) is 2. The van der Waals surface area contributed by atoms with Gasteiger partial charge in [-0.3, -0.25) is 4.99 Å². The molecule has 1 rings (SSSR count). The molecule has 0 heterocycles. The Bertz CT molecular complexity index is 489. The van der Waals surface area contributed by atoms with Gasteiger partial charge in [-0.05, 0) is 25.5 Å². The lowest BCUT2D eigenvalue weighted by Crippen LogP contribution is -2.41. The molecule has 0 spiro atoms. The van der Waals surface area contributed by atoms with Gasteiger partial charge in [-0.1, -0.05) is 26.2 Å². The van der Waals surface area contributed by atoms with Gasteiger partial charge in [0.05, 0.1) is 14.2 Å². The van der Waals surface area contributed by atoms with Crippen LogP contribution in [0.5, 0.6) is 11.5 Å². The Kier molecular flexibility index (Phi) is 8.95. The van der Waals surface area contributed by atoms with Crippen molar-refractivity contribution in [1.29, 1.82) is 0 Å². The molecule has 5 nitrogen and oxygen atoms in total. The molecule has 1 atom stereocenters. The van der Waals surface area contributed by atoms with Crippen molar-refractivity contribution in [3.05, 3.63) is 23.8 Å². The minimum atomic E-state index is 0.408. The molecule has 0 saturated heterocycles. The quantitative estimate of drug-likeness (QED) is 0.416. The van der Waals surface area contributed by atoms with Gasteiger partial charge in [0.25, 0.3) is 0 Å². The lowest BCUT2D eigenvalue weighted by molar-refractivity contribution is 0.390. The Morgan fingerprint density at radius 1 is 1.22 bits per heavy atom. The van der Waals surface area contributed by atoms with E-state index < -0.39 is 0 Å². The van der Waals surface area contributed by atoms with E-state index in [0.29, 0.717) is 12.6 Å². The highest BCUT2D eigenvalue weighted by Crippen LogP contribution is 2.24. The van der Waals surface area contributed by atoms with Gasteiger partial charge < -0.3 is 20.1 Å². The van der Waals surface area contributed by atoms with Crippen LogP contribution in [-0.4, -0.2) is 33.3 Å². The average Bonchev–Trinajstić information content (AvgIpc) is 2.58. The zero-order valence-corrected chi connectivity index (χ0v) is 15.1. The van der Waals surface area contributed by atoms with Gasteiger partial charge in [0, 0.05) is 31.3 Å². The molecule has 1 aromatic rings. The Labute approximate surface area is 140 Å². The number of ether oxygens (including phenoxy) is 2. The van der Waals surface area contributed by atoms with Crippen LogP contribution in [-0.2, 0) is 6.54 Å². The molecule has 5 heteroatoms. The first kappa shape index (κ1) is 19.1. The molecule has 0 aliphatic carbocycles. The van der Waals surface area contributed by atoms with E-state index in [9.17, 15) is 0 Å². The Morgan fingerprint density at radius 3 is 2.61 bits per heavy atom. The van der Waals surface area contributed by atoms with E-state index in [0.717, 1.165) is 29.4 Å². The van der Waals surface area contributed by atoms with Crippen LogP contribution in [0.3, 0.4) is 0 Å². The molecular weight excluding hydrogens is 290 g/mol. The maximum atomic E-state index is 5.42. The molecule has 0 saturated carbocycles. The zero-order valence-electron chi connectivity index (χ0n) is 15.1. The summed E-state index contributed by atoms with van der Waals surface area (Å²) in [7, 11) is 5.11. The van der Waals surface area contributed by atoms with Crippen molar-refractivity contribution < 1.29 is 9.47 Å². The van der Waals surface area contributed by atoms with Crippen LogP contribution in [0.4, 0.5) is 0 Å². The maximum Gasteiger partial charge on any atom is 0.191 e. The average molecular weight is 321 g/mol. The largest absolute Gasteiger partial charge is 0.497 e. The molecule has 0 aliphatic heterocycles. The molecule has 2 N–H and O–H groups in total. The summed E-state index contributed by atoms with van der Waals surface area (Å²) >= 11 is 0.